The van der Waals surface area contributed by atoms with Gasteiger partial charge in [0.2, 0.25) is 0 Å². The number of benzene rings is 1. The van der Waals surface area contributed by atoms with Crippen LogP contribution in [0.3, 0.4) is 0 Å². The van der Waals surface area contributed by atoms with E-state index in [0.717, 1.165) is 5.56 Å². The first-order chi connectivity index (χ1) is 10.6. The lowest BCUT2D eigenvalue weighted by Gasteiger charge is -2.05. The molecule has 0 spiro atoms. The number of carbonyl (C=O) groups excluding carboxylic acids is 2. The number of aromatic nitrogens is 1. The molecule has 1 N–H and O–H groups in total. The molecule has 22 heavy (non-hydrogen) atoms. The summed E-state index contributed by atoms with van der Waals surface area (Å²) in [7, 11) is 0. The van der Waals surface area contributed by atoms with Crippen molar-refractivity contribution < 1.29 is 14.1 Å². The van der Waals surface area contributed by atoms with E-state index in [4.69, 9.17) is 9.78 Å². The van der Waals surface area contributed by atoms with Crippen molar-refractivity contribution in [2.24, 2.45) is 0 Å². The third-order valence-corrected chi connectivity index (χ3v) is 3.38. The number of hydrogen-bond acceptors (Lipinski definition) is 5. The van der Waals surface area contributed by atoms with Crippen LogP contribution in [0.5, 0.6) is 0 Å². The van der Waals surface area contributed by atoms with E-state index >= 15 is 0 Å². The average molecular weight is 296 g/mol. The molecule has 2 aromatic rings. The predicted molar refractivity (Wildman–Crippen MR) is 75.6 cm³/mol. The molecule has 1 aliphatic rings. The van der Waals surface area contributed by atoms with Gasteiger partial charge in [-0.3, -0.25) is 10.1 Å². The average Bonchev–Trinajstić information content (AvgIpc) is 3.22. The Morgan fingerprint density at radius 3 is 2.77 bits per heavy atom. The molecular weight excluding hydrogens is 284 g/mol. The molecule has 1 aromatic carbocycles. The van der Waals surface area contributed by atoms with Gasteiger partial charge in [-0.25, -0.2) is 4.79 Å². The van der Waals surface area contributed by atoms with Crippen molar-refractivity contribution in [2.45, 2.75) is 13.0 Å². The summed E-state index contributed by atoms with van der Waals surface area (Å²) in [4.78, 5) is 25.4. The van der Waals surface area contributed by atoms with E-state index in [1.54, 1.807) is 19.1 Å². The SMILES string of the molecule is Cc1onc(-c2ccccc2)c1C(=O)NC(=O)N1CC1C#N. The summed E-state index contributed by atoms with van der Waals surface area (Å²) in [5, 5.41) is 14.8. The maximum Gasteiger partial charge on any atom is 0.325 e. The fraction of sp³-hybridized carbons (Fsp3) is 0.200. The number of nitrogens with zero attached hydrogens (tertiary/aromatic N) is 3. The number of aryl methyl sites for hydroxylation is 1. The van der Waals surface area contributed by atoms with Crippen LogP contribution < -0.4 is 5.32 Å². The van der Waals surface area contributed by atoms with Crippen LogP contribution in [0.2, 0.25) is 0 Å². The largest absolute Gasteiger partial charge is 0.360 e. The summed E-state index contributed by atoms with van der Waals surface area (Å²) in [5.74, 6) is -0.266. The first kappa shape index (κ1) is 13.8. The monoisotopic (exact) mass is 296 g/mol. The highest BCUT2D eigenvalue weighted by atomic mass is 16.5. The fourth-order valence-corrected chi connectivity index (χ4v) is 2.14. The number of rotatable bonds is 2. The lowest BCUT2D eigenvalue weighted by Crippen LogP contribution is -2.35. The number of urea groups is 1. The minimum absolute atomic E-state index is 0.218. The summed E-state index contributed by atoms with van der Waals surface area (Å²) in [6.07, 6.45) is 0. The second kappa shape index (κ2) is 5.33. The normalized spacial score (nSPS) is 16.0. The van der Waals surface area contributed by atoms with Crippen molar-refractivity contribution in [1.82, 2.24) is 15.4 Å². The van der Waals surface area contributed by atoms with Gasteiger partial charge in [0.15, 0.2) is 0 Å². The first-order valence-corrected chi connectivity index (χ1v) is 6.65. The van der Waals surface area contributed by atoms with Crippen LogP contribution in [0.15, 0.2) is 34.9 Å². The number of nitrogens with one attached hydrogen (secondary N) is 1. The van der Waals surface area contributed by atoms with E-state index in [1.165, 1.54) is 4.90 Å². The molecule has 2 heterocycles. The molecule has 1 fully saturated rings. The van der Waals surface area contributed by atoms with Gasteiger partial charge in [-0.05, 0) is 6.92 Å². The van der Waals surface area contributed by atoms with Crippen LogP contribution in [-0.2, 0) is 0 Å². The quantitative estimate of drug-likeness (QED) is 0.850. The van der Waals surface area contributed by atoms with Gasteiger partial charge in [0.1, 0.15) is 23.1 Å². The Hall–Kier alpha value is -3.14. The van der Waals surface area contributed by atoms with Crippen LogP contribution in [0.25, 0.3) is 11.3 Å². The second-order valence-electron chi connectivity index (χ2n) is 4.88. The highest BCUT2D eigenvalue weighted by Gasteiger charge is 2.39. The molecular formula is C15H12N4O3. The number of nitriles is 1. The smallest absolute Gasteiger partial charge is 0.325 e. The standard InChI is InChI=1S/C15H12N4O3/c1-9-12(13(18-22-9)10-5-3-2-4-6-10)14(20)17-15(21)19-8-11(19)7-16/h2-6,11H,8H2,1H3,(H,17,20,21). The lowest BCUT2D eigenvalue weighted by atomic mass is 10.1. The molecule has 7 nitrogen and oxygen atoms in total. The number of carbonyl (C=O) groups is 2. The molecule has 1 unspecified atom stereocenters. The van der Waals surface area contributed by atoms with Crippen LogP contribution in [0.4, 0.5) is 4.79 Å². The van der Waals surface area contributed by atoms with E-state index in [0.29, 0.717) is 18.0 Å². The minimum atomic E-state index is -0.591. The molecule has 7 heteroatoms. The molecule has 0 aliphatic carbocycles. The fourth-order valence-electron chi connectivity index (χ4n) is 2.14. The molecule has 110 valence electrons. The van der Waals surface area contributed by atoms with E-state index in [9.17, 15) is 9.59 Å². The summed E-state index contributed by atoms with van der Waals surface area (Å²) >= 11 is 0. The third kappa shape index (κ3) is 2.42. The van der Waals surface area contributed by atoms with Gasteiger partial charge in [-0.1, -0.05) is 35.5 Å². The van der Waals surface area contributed by atoms with Crippen molar-refractivity contribution in [2.75, 3.05) is 6.54 Å². The number of amides is 3. The Labute approximate surface area is 126 Å². The van der Waals surface area contributed by atoms with Gasteiger partial charge in [0.05, 0.1) is 12.6 Å². The summed E-state index contributed by atoms with van der Waals surface area (Å²) in [5.41, 5.74) is 1.32. The molecule has 3 rings (SSSR count). The zero-order valence-corrected chi connectivity index (χ0v) is 11.7. The van der Waals surface area contributed by atoms with Crippen LogP contribution in [0, 0.1) is 18.3 Å². The lowest BCUT2D eigenvalue weighted by molar-refractivity contribution is 0.0959. The van der Waals surface area contributed by atoms with Gasteiger partial charge >= 0.3 is 6.03 Å². The maximum atomic E-state index is 12.3. The Bertz CT molecular complexity index is 776. The molecule has 0 saturated carbocycles. The van der Waals surface area contributed by atoms with Gasteiger partial charge in [0.25, 0.3) is 5.91 Å². The van der Waals surface area contributed by atoms with Crippen LogP contribution in [-0.4, -0.2) is 34.6 Å². The summed E-state index contributed by atoms with van der Waals surface area (Å²) in [6.45, 7) is 1.94. The molecule has 1 aromatic heterocycles. The predicted octanol–water partition coefficient (Wildman–Crippen LogP) is 1.71. The minimum Gasteiger partial charge on any atom is -0.360 e. The number of imide groups is 1. The summed E-state index contributed by atoms with van der Waals surface area (Å²) < 4.78 is 5.08. The van der Waals surface area contributed by atoms with Crippen molar-refractivity contribution >= 4 is 11.9 Å². The van der Waals surface area contributed by atoms with Gasteiger partial charge in [-0.15, -0.1) is 0 Å². The zero-order valence-electron chi connectivity index (χ0n) is 11.7. The van der Waals surface area contributed by atoms with Crippen molar-refractivity contribution in [1.29, 1.82) is 5.26 Å². The molecule has 1 aliphatic heterocycles. The third-order valence-electron chi connectivity index (χ3n) is 3.38. The van der Waals surface area contributed by atoms with Gasteiger partial charge < -0.3 is 9.42 Å². The maximum absolute atomic E-state index is 12.3. The Morgan fingerprint density at radius 1 is 1.41 bits per heavy atom. The first-order valence-electron chi connectivity index (χ1n) is 6.65. The molecule has 0 radical (unpaired) electrons. The zero-order chi connectivity index (χ0) is 15.7. The Morgan fingerprint density at radius 2 is 2.14 bits per heavy atom. The van der Waals surface area contributed by atoms with Crippen LogP contribution >= 0.6 is 0 Å². The van der Waals surface area contributed by atoms with E-state index < -0.39 is 18.0 Å². The summed E-state index contributed by atoms with van der Waals surface area (Å²) in [6, 6.07) is 9.99. The highest BCUT2D eigenvalue weighted by molar-refractivity contribution is 6.08. The second-order valence-corrected chi connectivity index (χ2v) is 4.88. The van der Waals surface area contributed by atoms with Crippen LogP contribution in [0.1, 0.15) is 16.1 Å². The van der Waals surface area contributed by atoms with Gasteiger partial charge in [-0.2, -0.15) is 5.26 Å². The van der Waals surface area contributed by atoms with E-state index in [2.05, 4.69) is 10.5 Å². The molecule has 1 saturated heterocycles. The van der Waals surface area contributed by atoms with Crippen molar-refractivity contribution in [3.05, 3.63) is 41.7 Å². The number of hydrogen-bond donors (Lipinski definition) is 1. The van der Waals surface area contributed by atoms with E-state index in [1.807, 2.05) is 24.3 Å². The van der Waals surface area contributed by atoms with E-state index in [-0.39, 0.29) is 5.56 Å². The van der Waals surface area contributed by atoms with Gasteiger partial charge in [0, 0.05) is 5.56 Å². The molecule has 0 bridgehead atoms. The topological polar surface area (TPSA) is 99.0 Å². The molecule has 1 atom stereocenters. The Balaban J connectivity index is 1.83. The van der Waals surface area contributed by atoms with Crippen molar-refractivity contribution in [3.63, 3.8) is 0 Å². The highest BCUT2D eigenvalue weighted by Crippen LogP contribution is 2.25. The van der Waals surface area contributed by atoms with Crippen molar-refractivity contribution in [3.8, 4) is 17.3 Å². The Kier molecular flexibility index (Phi) is 3.35. The molecule has 3 amide bonds.